The predicted octanol–water partition coefficient (Wildman–Crippen LogP) is 5.26. The number of halogens is 4. The maximum Gasteiger partial charge on any atom is 0.418 e. The maximum atomic E-state index is 14.0. The monoisotopic (exact) mass is 393 g/mol. The lowest BCUT2D eigenvalue weighted by molar-refractivity contribution is -0.137. The summed E-state index contributed by atoms with van der Waals surface area (Å²) in [5, 5.41) is 6.28. The SMILES string of the molecule is CC[C@]12CCNC[C@H]1c1cc(Nc3cccc(F)c3)cc(C(F)(F)F)c1N2C. The molecular formula is C21H23F4N3. The average Bonchev–Trinajstić information content (AvgIpc) is 2.90. The number of hydrogen-bond acceptors (Lipinski definition) is 3. The van der Waals surface area contributed by atoms with Gasteiger partial charge in [0.1, 0.15) is 5.82 Å². The fraction of sp³-hybridized carbons (Fsp3) is 0.429. The first kappa shape index (κ1) is 19.1. The van der Waals surface area contributed by atoms with Gasteiger partial charge >= 0.3 is 6.18 Å². The van der Waals surface area contributed by atoms with Crippen molar-refractivity contribution in [2.45, 2.75) is 37.4 Å². The van der Waals surface area contributed by atoms with Crippen LogP contribution in [-0.4, -0.2) is 25.7 Å². The summed E-state index contributed by atoms with van der Waals surface area (Å²) in [5.74, 6) is -0.468. The molecular weight excluding hydrogens is 370 g/mol. The third-order valence-electron chi connectivity index (χ3n) is 6.28. The molecule has 2 N–H and O–H groups in total. The normalized spacial score (nSPS) is 24.1. The summed E-state index contributed by atoms with van der Waals surface area (Å²) >= 11 is 0. The van der Waals surface area contributed by atoms with Gasteiger partial charge in [0.05, 0.1) is 11.3 Å². The van der Waals surface area contributed by atoms with Crippen LogP contribution in [0.25, 0.3) is 0 Å². The highest BCUT2D eigenvalue weighted by Gasteiger charge is 2.53. The zero-order chi connectivity index (χ0) is 20.1. The maximum absolute atomic E-state index is 14.0. The van der Waals surface area contributed by atoms with Crippen molar-refractivity contribution in [3.8, 4) is 0 Å². The van der Waals surface area contributed by atoms with E-state index in [9.17, 15) is 17.6 Å². The Hall–Kier alpha value is -2.28. The predicted molar refractivity (Wildman–Crippen MR) is 103 cm³/mol. The van der Waals surface area contributed by atoms with E-state index in [1.807, 2.05) is 11.8 Å². The van der Waals surface area contributed by atoms with Gasteiger partial charge in [-0.25, -0.2) is 4.39 Å². The number of hydrogen-bond donors (Lipinski definition) is 2. The average molecular weight is 393 g/mol. The molecule has 2 atom stereocenters. The van der Waals surface area contributed by atoms with Crippen molar-refractivity contribution in [2.24, 2.45) is 0 Å². The van der Waals surface area contributed by atoms with Gasteiger partial charge in [0.2, 0.25) is 0 Å². The first-order valence-electron chi connectivity index (χ1n) is 9.48. The minimum Gasteiger partial charge on any atom is -0.367 e. The van der Waals surface area contributed by atoms with Crippen molar-refractivity contribution in [1.29, 1.82) is 0 Å². The molecule has 0 aliphatic carbocycles. The number of likely N-dealkylation sites (N-methyl/N-ethyl adjacent to an activating group) is 1. The summed E-state index contributed by atoms with van der Waals surface area (Å²) in [6.45, 7) is 3.48. The third kappa shape index (κ3) is 2.92. The Morgan fingerprint density at radius 2 is 2.00 bits per heavy atom. The first-order valence-corrected chi connectivity index (χ1v) is 9.48. The molecule has 150 valence electrons. The van der Waals surface area contributed by atoms with Crippen LogP contribution in [0, 0.1) is 5.82 Å². The molecule has 2 aliphatic heterocycles. The molecule has 0 aromatic heterocycles. The highest BCUT2D eigenvalue weighted by atomic mass is 19.4. The number of anilines is 3. The van der Waals surface area contributed by atoms with Crippen LogP contribution in [0.5, 0.6) is 0 Å². The van der Waals surface area contributed by atoms with E-state index in [1.54, 1.807) is 19.2 Å². The molecule has 2 aromatic rings. The molecule has 0 unspecified atom stereocenters. The van der Waals surface area contributed by atoms with Gasteiger partial charge in [-0.2, -0.15) is 13.2 Å². The van der Waals surface area contributed by atoms with E-state index < -0.39 is 17.6 Å². The largest absolute Gasteiger partial charge is 0.418 e. The van der Waals surface area contributed by atoms with Crippen LogP contribution in [0.4, 0.5) is 34.6 Å². The Morgan fingerprint density at radius 3 is 2.68 bits per heavy atom. The van der Waals surface area contributed by atoms with E-state index in [2.05, 4.69) is 10.6 Å². The van der Waals surface area contributed by atoms with E-state index in [1.165, 1.54) is 18.2 Å². The van der Waals surface area contributed by atoms with Crippen LogP contribution in [-0.2, 0) is 6.18 Å². The molecule has 0 amide bonds. The second-order valence-electron chi connectivity index (χ2n) is 7.62. The molecule has 2 aromatic carbocycles. The minimum absolute atomic E-state index is 0.0263. The number of piperidine rings is 1. The molecule has 2 aliphatic rings. The summed E-state index contributed by atoms with van der Waals surface area (Å²) in [6.07, 6.45) is -2.91. The molecule has 7 heteroatoms. The van der Waals surface area contributed by atoms with E-state index in [0.717, 1.165) is 25.5 Å². The Bertz CT molecular complexity index is 896. The molecule has 28 heavy (non-hydrogen) atoms. The minimum atomic E-state index is -4.48. The number of fused-ring (bicyclic) bond motifs is 3. The van der Waals surface area contributed by atoms with Gasteiger partial charge in [-0.05, 0) is 55.3 Å². The molecule has 1 saturated heterocycles. The van der Waals surface area contributed by atoms with Crippen molar-refractivity contribution in [1.82, 2.24) is 5.32 Å². The first-order chi connectivity index (χ1) is 13.3. The molecule has 0 spiro atoms. The zero-order valence-electron chi connectivity index (χ0n) is 15.8. The summed E-state index contributed by atoms with van der Waals surface area (Å²) in [5.41, 5.74) is 0.752. The summed E-state index contributed by atoms with van der Waals surface area (Å²) in [7, 11) is 1.78. The number of rotatable bonds is 3. The van der Waals surface area contributed by atoms with Crippen LogP contribution >= 0.6 is 0 Å². The third-order valence-corrected chi connectivity index (χ3v) is 6.28. The zero-order valence-corrected chi connectivity index (χ0v) is 15.8. The van der Waals surface area contributed by atoms with Crippen molar-refractivity contribution in [3.05, 3.63) is 53.3 Å². The second kappa shape index (κ2) is 6.65. The smallest absolute Gasteiger partial charge is 0.367 e. The van der Waals surface area contributed by atoms with Crippen molar-refractivity contribution in [3.63, 3.8) is 0 Å². The standard InChI is InChI=1S/C21H23F4N3/c1-3-20-7-8-26-12-18(20)16-10-15(27-14-6-4-5-13(22)9-14)11-17(21(23,24)25)19(16)28(20)2/h4-6,9-11,18,26-27H,3,7-8,12H2,1-2H3/t18-,20-/m0/s1. The van der Waals surface area contributed by atoms with Gasteiger partial charge in [0.15, 0.2) is 0 Å². The van der Waals surface area contributed by atoms with Crippen LogP contribution in [0.1, 0.15) is 36.8 Å². The molecule has 0 saturated carbocycles. The van der Waals surface area contributed by atoms with Crippen molar-refractivity contribution >= 4 is 17.1 Å². The highest BCUT2D eigenvalue weighted by Crippen LogP contribution is 2.55. The summed E-state index contributed by atoms with van der Waals surface area (Å²) in [6, 6.07) is 8.65. The molecule has 0 radical (unpaired) electrons. The van der Waals surface area contributed by atoms with Crippen LogP contribution in [0.2, 0.25) is 0 Å². The van der Waals surface area contributed by atoms with Crippen LogP contribution in [0.3, 0.4) is 0 Å². The topological polar surface area (TPSA) is 27.3 Å². The quantitative estimate of drug-likeness (QED) is 0.697. The summed E-state index contributed by atoms with van der Waals surface area (Å²) < 4.78 is 55.4. The Kier molecular flexibility index (Phi) is 4.53. The molecule has 1 fully saturated rings. The van der Waals surface area contributed by atoms with Gasteiger partial charge < -0.3 is 15.5 Å². The number of nitrogens with one attached hydrogen (secondary N) is 2. The summed E-state index contributed by atoms with van der Waals surface area (Å²) in [4.78, 5) is 1.85. The Morgan fingerprint density at radius 1 is 1.21 bits per heavy atom. The lowest BCUT2D eigenvalue weighted by Gasteiger charge is -2.45. The fourth-order valence-electron chi connectivity index (χ4n) is 4.92. The molecule has 4 rings (SSSR count). The Labute approximate surface area is 161 Å². The lowest BCUT2D eigenvalue weighted by Crippen LogP contribution is -2.54. The van der Waals surface area contributed by atoms with E-state index in [4.69, 9.17) is 0 Å². The number of benzene rings is 2. The van der Waals surface area contributed by atoms with Gasteiger partial charge in [-0.15, -0.1) is 0 Å². The number of nitrogens with zero attached hydrogens (tertiary/aromatic N) is 1. The molecule has 3 nitrogen and oxygen atoms in total. The van der Waals surface area contributed by atoms with Crippen molar-refractivity contribution in [2.75, 3.05) is 30.4 Å². The Balaban J connectivity index is 1.86. The van der Waals surface area contributed by atoms with E-state index >= 15 is 0 Å². The van der Waals surface area contributed by atoms with Gasteiger partial charge in [0.25, 0.3) is 0 Å². The highest BCUT2D eigenvalue weighted by molar-refractivity contribution is 5.75. The van der Waals surface area contributed by atoms with Gasteiger partial charge in [0, 0.05) is 36.4 Å². The van der Waals surface area contributed by atoms with E-state index in [0.29, 0.717) is 23.5 Å². The fourth-order valence-corrected chi connectivity index (χ4v) is 4.92. The van der Waals surface area contributed by atoms with Crippen LogP contribution < -0.4 is 15.5 Å². The number of alkyl halides is 3. The molecule has 2 heterocycles. The van der Waals surface area contributed by atoms with Crippen LogP contribution in [0.15, 0.2) is 36.4 Å². The lowest BCUT2D eigenvalue weighted by atomic mass is 9.75. The van der Waals surface area contributed by atoms with Gasteiger partial charge in [-0.3, -0.25) is 0 Å². The van der Waals surface area contributed by atoms with Gasteiger partial charge in [-0.1, -0.05) is 13.0 Å². The van der Waals surface area contributed by atoms with E-state index in [-0.39, 0.29) is 17.1 Å². The molecule has 0 bridgehead atoms. The van der Waals surface area contributed by atoms with Crippen molar-refractivity contribution < 1.29 is 17.6 Å². The second-order valence-corrected chi connectivity index (χ2v) is 7.62.